The van der Waals surface area contributed by atoms with Crippen molar-refractivity contribution in [2.24, 2.45) is 0 Å². The molecule has 0 amide bonds. The summed E-state index contributed by atoms with van der Waals surface area (Å²) in [6.45, 7) is 4.83. The summed E-state index contributed by atoms with van der Waals surface area (Å²) in [5.41, 5.74) is 0.606. The highest BCUT2D eigenvalue weighted by atomic mass is 16.5. The quantitative estimate of drug-likeness (QED) is 0.294. The van der Waals surface area contributed by atoms with E-state index in [1.165, 1.54) is 19.3 Å². The van der Waals surface area contributed by atoms with Crippen LogP contribution < -0.4 is 9.47 Å². The highest BCUT2D eigenvalue weighted by Gasteiger charge is 2.17. The van der Waals surface area contributed by atoms with E-state index in [-0.39, 0.29) is 17.9 Å². The van der Waals surface area contributed by atoms with Gasteiger partial charge in [-0.1, -0.05) is 44.7 Å². The van der Waals surface area contributed by atoms with Gasteiger partial charge >= 0.3 is 11.9 Å². The summed E-state index contributed by atoms with van der Waals surface area (Å²) >= 11 is 0. The van der Waals surface area contributed by atoms with Crippen LogP contribution in [0.4, 0.5) is 0 Å². The molecule has 0 aliphatic rings. The second kappa shape index (κ2) is 11.8. The maximum atomic E-state index is 12.4. The average molecular weight is 384 g/mol. The summed E-state index contributed by atoms with van der Waals surface area (Å²) in [6.07, 6.45) is 5.91. The van der Waals surface area contributed by atoms with E-state index in [9.17, 15) is 9.59 Å². The number of para-hydroxylation sites is 1. The molecule has 5 nitrogen and oxygen atoms in total. The molecule has 0 spiro atoms. The number of ether oxygens (including phenoxy) is 3. The first kappa shape index (κ1) is 21.5. The molecular weight excluding hydrogens is 356 g/mol. The van der Waals surface area contributed by atoms with Crippen molar-refractivity contribution in [1.82, 2.24) is 0 Å². The highest BCUT2D eigenvalue weighted by Crippen LogP contribution is 2.21. The minimum absolute atomic E-state index is 0.179. The van der Waals surface area contributed by atoms with Crippen LogP contribution in [0, 0.1) is 0 Å². The van der Waals surface area contributed by atoms with Gasteiger partial charge in [0.15, 0.2) is 0 Å². The van der Waals surface area contributed by atoms with Crippen LogP contribution in [0.15, 0.2) is 48.5 Å². The van der Waals surface area contributed by atoms with Crippen molar-refractivity contribution in [2.45, 2.75) is 46.0 Å². The summed E-state index contributed by atoms with van der Waals surface area (Å²) in [5, 5.41) is 0. The third-order valence-corrected chi connectivity index (χ3v) is 4.19. The first-order chi connectivity index (χ1) is 13.7. The highest BCUT2D eigenvalue weighted by molar-refractivity contribution is 5.96. The number of esters is 2. The number of carbonyl (C=O) groups excluding carboxylic acids is 2. The van der Waals surface area contributed by atoms with Crippen molar-refractivity contribution < 1.29 is 23.8 Å². The minimum atomic E-state index is -0.539. The molecule has 5 heteroatoms. The molecule has 150 valence electrons. The fourth-order valence-electron chi connectivity index (χ4n) is 2.67. The van der Waals surface area contributed by atoms with Gasteiger partial charge in [0.05, 0.1) is 18.8 Å². The van der Waals surface area contributed by atoms with E-state index in [2.05, 4.69) is 6.92 Å². The van der Waals surface area contributed by atoms with Crippen LogP contribution in [0.1, 0.15) is 66.7 Å². The van der Waals surface area contributed by atoms with E-state index in [1.54, 1.807) is 55.5 Å². The topological polar surface area (TPSA) is 61.8 Å². The van der Waals surface area contributed by atoms with Gasteiger partial charge in [0.1, 0.15) is 17.1 Å². The van der Waals surface area contributed by atoms with Gasteiger partial charge in [0, 0.05) is 0 Å². The number of benzene rings is 2. The monoisotopic (exact) mass is 384 g/mol. The van der Waals surface area contributed by atoms with Crippen molar-refractivity contribution in [2.75, 3.05) is 13.2 Å². The number of carbonyl (C=O) groups is 2. The Balaban J connectivity index is 1.91. The van der Waals surface area contributed by atoms with E-state index < -0.39 is 11.9 Å². The van der Waals surface area contributed by atoms with E-state index in [1.807, 2.05) is 0 Å². The van der Waals surface area contributed by atoms with Crippen molar-refractivity contribution in [3.63, 3.8) is 0 Å². The molecule has 2 rings (SSSR count). The van der Waals surface area contributed by atoms with Gasteiger partial charge in [-0.05, 0) is 49.7 Å². The molecule has 0 heterocycles. The lowest BCUT2D eigenvalue weighted by Gasteiger charge is -2.10. The van der Waals surface area contributed by atoms with Gasteiger partial charge in [0.25, 0.3) is 0 Å². The van der Waals surface area contributed by atoms with E-state index >= 15 is 0 Å². The molecule has 0 saturated carbocycles. The molecular formula is C23H28O5. The Bertz CT molecular complexity index is 752. The Kier molecular flexibility index (Phi) is 9.05. The van der Waals surface area contributed by atoms with Gasteiger partial charge in [-0.15, -0.1) is 0 Å². The predicted octanol–water partition coefficient (Wildman–Crippen LogP) is 5.43. The minimum Gasteiger partial charge on any atom is -0.494 e. The average Bonchev–Trinajstić information content (AvgIpc) is 2.71. The fourth-order valence-corrected chi connectivity index (χ4v) is 2.67. The normalized spacial score (nSPS) is 10.4. The smallest absolute Gasteiger partial charge is 0.343 e. The van der Waals surface area contributed by atoms with Crippen LogP contribution in [0.3, 0.4) is 0 Å². The molecule has 0 fully saturated rings. The Morgan fingerprint density at radius 2 is 1.54 bits per heavy atom. The van der Waals surface area contributed by atoms with Crippen molar-refractivity contribution in [3.8, 4) is 11.5 Å². The molecule has 0 saturated heterocycles. The zero-order chi connectivity index (χ0) is 20.2. The summed E-state index contributed by atoms with van der Waals surface area (Å²) in [6, 6.07) is 13.3. The second-order valence-corrected chi connectivity index (χ2v) is 6.39. The molecule has 2 aromatic carbocycles. The Labute approximate surface area is 166 Å². The molecule has 0 radical (unpaired) electrons. The van der Waals surface area contributed by atoms with Gasteiger partial charge < -0.3 is 14.2 Å². The van der Waals surface area contributed by atoms with Crippen LogP contribution in [-0.2, 0) is 4.74 Å². The van der Waals surface area contributed by atoms with Crippen molar-refractivity contribution in [3.05, 3.63) is 59.7 Å². The van der Waals surface area contributed by atoms with Crippen LogP contribution in [0.5, 0.6) is 11.5 Å². The van der Waals surface area contributed by atoms with Crippen LogP contribution in [-0.4, -0.2) is 25.2 Å². The molecule has 0 bridgehead atoms. The van der Waals surface area contributed by atoms with Crippen molar-refractivity contribution in [1.29, 1.82) is 0 Å². The second-order valence-electron chi connectivity index (χ2n) is 6.39. The van der Waals surface area contributed by atoms with Crippen LogP contribution in [0.2, 0.25) is 0 Å². The van der Waals surface area contributed by atoms with Crippen LogP contribution >= 0.6 is 0 Å². The zero-order valence-corrected chi connectivity index (χ0v) is 16.6. The van der Waals surface area contributed by atoms with Gasteiger partial charge in [-0.2, -0.15) is 0 Å². The number of unbranched alkanes of at least 4 members (excludes halogenated alkanes) is 4. The van der Waals surface area contributed by atoms with Gasteiger partial charge in [-0.3, -0.25) is 0 Å². The zero-order valence-electron chi connectivity index (χ0n) is 16.6. The summed E-state index contributed by atoms with van der Waals surface area (Å²) in [5.74, 6) is -0.159. The number of hydrogen-bond donors (Lipinski definition) is 0. The Morgan fingerprint density at radius 1 is 0.821 bits per heavy atom. The van der Waals surface area contributed by atoms with E-state index in [0.717, 1.165) is 18.6 Å². The first-order valence-corrected chi connectivity index (χ1v) is 9.87. The lowest BCUT2D eigenvalue weighted by molar-refractivity contribution is 0.0520. The molecule has 0 aliphatic heterocycles. The molecule has 0 aliphatic carbocycles. The summed E-state index contributed by atoms with van der Waals surface area (Å²) < 4.78 is 16.1. The molecule has 0 atom stereocenters. The molecule has 28 heavy (non-hydrogen) atoms. The van der Waals surface area contributed by atoms with E-state index in [4.69, 9.17) is 14.2 Å². The van der Waals surface area contributed by atoms with Crippen molar-refractivity contribution >= 4 is 11.9 Å². The predicted molar refractivity (Wildman–Crippen MR) is 108 cm³/mol. The Hall–Kier alpha value is -2.82. The maximum absolute atomic E-state index is 12.4. The molecule has 0 N–H and O–H groups in total. The Morgan fingerprint density at radius 3 is 2.25 bits per heavy atom. The third kappa shape index (κ3) is 6.72. The molecule has 0 unspecified atom stereocenters. The van der Waals surface area contributed by atoms with E-state index in [0.29, 0.717) is 12.2 Å². The lowest BCUT2D eigenvalue weighted by Crippen LogP contribution is -2.13. The van der Waals surface area contributed by atoms with Gasteiger partial charge in [0.2, 0.25) is 0 Å². The molecule has 0 aromatic heterocycles. The summed E-state index contributed by atoms with van der Waals surface area (Å²) in [7, 11) is 0. The molecule has 2 aromatic rings. The third-order valence-electron chi connectivity index (χ3n) is 4.19. The van der Waals surface area contributed by atoms with Gasteiger partial charge in [-0.25, -0.2) is 9.59 Å². The SMILES string of the molecule is CCCCCCCOc1ccc(C(=O)Oc2ccccc2C(=O)OCC)cc1. The maximum Gasteiger partial charge on any atom is 0.343 e. The van der Waals surface area contributed by atoms with Crippen LogP contribution in [0.25, 0.3) is 0 Å². The fraction of sp³-hybridized carbons (Fsp3) is 0.391. The summed E-state index contributed by atoms with van der Waals surface area (Å²) in [4.78, 5) is 24.4. The first-order valence-electron chi connectivity index (χ1n) is 9.87. The standard InChI is InChI=1S/C23H28O5/c1-3-5-6-7-10-17-27-19-15-13-18(14-16-19)22(24)28-21-12-9-8-11-20(21)23(25)26-4-2/h8-9,11-16H,3-7,10,17H2,1-2H3. The number of hydrogen-bond acceptors (Lipinski definition) is 5. The largest absolute Gasteiger partial charge is 0.494 e. The lowest BCUT2D eigenvalue weighted by atomic mass is 10.2. The number of rotatable bonds is 11.